The maximum absolute atomic E-state index is 12.2. The summed E-state index contributed by atoms with van der Waals surface area (Å²) in [6, 6.07) is 13.2. The molecule has 0 saturated heterocycles. The molecule has 0 saturated carbocycles. The highest BCUT2D eigenvalue weighted by molar-refractivity contribution is 6.02. The number of hydrogen-bond acceptors (Lipinski definition) is 4. The summed E-state index contributed by atoms with van der Waals surface area (Å²) in [4.78, 5) is 12.2. The molecule has 3 rings (SSSR count). The van der Waals surface area contributed by atoms with Crippen molar-refractivity contribution in [1.82, 2.24) is 0 Å². The molecule has 5 heteroatoms. The van der Waals surface area contributed by atoms with Crippen LogP contribution in [0, 0.1) is 0 Å². The number of anilines is 1. The Morgan fingerprint density at radius 2 is 2.04 bits per heavy atom. The van der Waals surface area contributed by atoms with Crippen LogP contribution in [0.5, 0.6) is 11.5 Å². The van der Waals surface area contributed by atoms with Gasteiger partial charge in [-0.05, 0) is 36.8 Å². The van der Waals surface area contributed by atoms with Crippen LogP contribution in [-0.4, -0.2) is 19.3 Å². The van der Waals surface area contributed by atoms with Gasteiger partial charge < -0.3 is 19.5 Å². The number of fused-ring (bicyclic) bond motifs is 1. The normalized spacial score (nSPS) is 12.5. The van der Waals surface area contributed by atoms with E-state index in [1.54, 1.807) is 6.08 Å². The van der Waals surface area contributed by atoms with Crippen molar-refractivity contribution in [3.63, 3.8) is 0 Å². The fraction of sp³-hybridized carbons (Fsp3) is 0.211. The second-order valence-electron chi connectivity index (χ2n) is 5.23. The Kier molecular flexibility index (Phi) is 5.13. The number of carbonyl (C=O) groups excluding carboxylic acids is 1. The number of para-hydroxylation sites is 1. The first-order chi connectivity index (χ1) is 11.8. The summed E-state index contributed by atoms with van der Waals surface area (Å²) < 4.78 is 16.0. The van der Waals surface area contributed by atoms with Crippen LogP contribution in [-0.2, 0) is 16.1 Å². The fourth-order valence-electron chi connectivity index (χ4n) is 2.34. The predicted molar refractivity (Wildman–Crippen MR) is 92.0 cm³/mol. The van der Waals surface area contributed by atoms with Crippen molar-refractivity contribution in [2.24, 2.45) is 0 Å². The minimum Gasteiger partial charge on any atom is -0.454 e. The molecule has 0 aromatic heterocycles. The molecule has 0 spiro atoms. The quantitative estimate of drug-likeness (QED) is 0.825. The molecule has 1 aliphatic heterocycles. The molecule has 2 aromatic rings. The molecule has 1 amide bonds. The number of hydrogen-bond donors (Lipinski definition) is 1. The summed E-state index contributed by atoms with van der Waals surface area (Å²) in [6.07, 6.45) is 3.23. The molecule has 0 bridgehead atoms. The van der Waals surface area contributed by atoms with E-state index in [0.29, 0.717) is 19.0 Å². The molecule has 2 aromatic carbocycles. The van der Waals surface area contributed by atoms with Crippen LogP contribution in [0.3, 0.4) is 0 Å². The molecular formula is C19H19NO4. The van der Waals surface area contributed by atoms with E-state index in [-0.39, 0.29) is 12.7 Å². The smallest absolute Gasteiger partial charge is 0.248 e. The minimum atomic E-state index is -0.198. The largest absolute Gasteiger partial charge is 0.454 e. The first-order valence-electron chi connectivity index (χ1n) is 7.80. The number of benzene rings is 2. The lowest BCUT2D eigenvalue weighted by Crippen LogP contribution is -2.10. The van der Waals surface area contributed by atoms with Gasteiger partial charge >= 0.3 is 0 Å². The van der Waals surface area contributed by atoms with E-state index >= 15 is 0 Å². The van der Waals surface area contributed by atoms with E-state index in [1.165, 1.54) is 6.08 Å². The zero-order chi connectivity index (χ0) is 16.8. The van der Waals surface area contributed by atoms with Crippen LogP contribution in [0.4, 0.5) is 5.69 Å². The zero-order valence-electron chi connectivity index (χ0n) is 13.5. The lowest BCUT2D eigenvalue weighted by atomic mass is 10.1. The minimum absolute atomic E-state index is 0.198. The Morgan fingerprint density at radius 3 is 2.92 bits per heavy atom. The maximum Gasteiger partial charge on any atom is 0.248 e. The molecular weight excluding hydrogens is 306 g/mol. The molecule has 0 fully saturated rings. The SMILES string of the molecule is CCOCc1ccccc1NC(=O)/C=C/c1ccc2c(c1)OCO2. The van der Waals surface area contributed by atoms with Crippen molar-refractivity contribution < 1.29 is 19.0 Å². The molecule has 0 unspecified atom stereocenters. The van der Waals surface area contributed by atoms with Gasteiger partial charge in [0.25, 0.3) is 0 Å². The van der Waals surface area contributed by atoms with Crippen LogP contribution in [0.25, 0.3) is 6.08 Å². The van der Waals surface area contributed by atoms with E-state index in [4.69, 9.17) is 14.2 Å². The van der Waals surface area contributed by atoms with Gasteiger partial charge in [0.1, 0.15) is 0 Å². The van der Waals surface area contributed by atoms with Gasteiger partial charge in [-0.2, -0.15) is 0 Å². The van der Waals surface area contributed by atoms with Crippen molar-refractivity contribution in [3.8, 4) is 11.5 Å². The molecule has 24 heavy (non-hydrogen) atoms. The van der Waals surface area contributed by atoms with Gasteiger partial charge in [0.15, 0.2) is 11.5 Å². The number of ether oxygens (including phenoxy) is 3. The lowest BCUT2D eigenvalue weighted by molar-refractivity contribution is -0.111. The molecule has 1 aliphatic rings. The Hall–Kier alpha value is -2.79. The summed E-state index contributed by atoms with van der Waals surface area (Å²) in [5.74, 6) is 1.22. The Labute approximate surface area is 140 Å². The molecule has 5 nitrogen and oxygen atoms in total. The van der Waals surface area contributed by atoms with Gasteiger partial charge in [-0.1, -0.05) is 24.3 Å². The third-order valence-electron chi connectivity index (χ3n) is 3.56. The fourth-order valence-corrected chi connectivity index (χ4v) is 2.34. The van der Waals surface area contributed by atoms with Crippen molar-refractivity contribution in [3.05, 3.63) is 59.7 Å². The van der Waals surface area contributed by atoms with Crippen LogP contribution in [0.1, 0.15) is 18.1 Å². The Bertz CT molecular complexity index is 755. The van der Waals surface area contributed by atoms with Crippen LogP contribution in [0.2, 0.25) is 0 Å². The summed E-state index contributed by atoms with van der Waals surface area (Å²) in [5.41, 5.74) is 2.58. The van der Waals surface area contributed by atoms with Crippen molar-refractivity contribution in [1.29, 1.82) is 0 Å². The Morgan fingerprint density at radius 1 is 1.21 bits per heavy atom. The number of nitrogens with one attached hydrogen (secondary N) is 1. The predicted octanol–water partition coefficient (Wildman–Crippen LogP) is 3.60. The van der Waals surface area contributed by atoms with Gasteiger partial charge in [-0.25, -0.2) is 0 Å². The molecule has 0 radical (unpaired) electrons. The van der Waals surface area contributed by atoms with Gasteiger partial charge in [0.2, 0.25) is 12.7 Å². The maximum atomic E-state index is 12.2. The van der Waals surface area contributed by atoms with E-state index < -0.39 is 0 Å². The van der Waals surface area contributed by atoms with Crippen molar-refractivity contribution >= 4 is 17.7 Å². The van der Waals surface area contributed by atoms with Crippen molar-refractivity contribution in [2.45, 2.75) is 13.5 Å². The zero-order valence-corrected chi connectivity index (χ0v) is 13.5. The van der Waals surface area contributed by atoms with E-state index in [9.17, 15) is 4.79 Å². The summed E-state index contributed by atoms with van der Waals surface area (Å²) in [6.45, 7) is 3.28. The van der Waals surface area contributed by atoms with Crippen LogP contribution < -0.4 is 14.8 Å². The third kappa shape index (κ3) is 3.94. The highest BCUT2D eigenvalue weighted by Gasteiger charge is 2.12. The second kappa shape index (κ2) is 7.66. The number of carbonyl (C=O) groups is 1. The van der Waals surface area contributed by atoms with Gasteiger partial charge in [0, 0.05) is 23.9 Å². The third-order valence-corrected chi connectivity index (χ3v) is 3.56. The number of amides is 1. The monoisotopic (exact) mass is 325 g/mol. The molecule has 124 valence electrons. The van der Waals surface area contributed by atoms with Crippen molar-refractivity contribution in [2.75, 3.05) is 18.7 Å². The number of rotatable bonds is 6. The van der Waals surface area contributed by atoms with E-state index in [2.05, 4.69) is 5.32 Å². The molecule has 1 N–H and O–H groups in total. The van der Waals surface area contributed by atoms with Gasteiger partial charge in [0.05, 0.1) is 6.61 Å². The first-order valence-corrected chi connectivity index (χ1v) is 7.80. The van der Waals surface area contributed by atoms with E-state index in [1.807, 2.05) is 49.4 Å². The molecule has 1 heterocycles. The molecule has 0 atom stereocenters. The second-order valence-corrected chi connectivity index (χ2v) is 5.23. The molecule has 0 aliphatic carbocycles. The average Bonchev–Trinajstić information content (AvgIpc) is 3.07. The lowest BCUT2D eigenvalue weighted by Gasteiger charge is -2.09. The van der Waals surface area contributed by atoms with Gasteiger partial charge in [-0.3, -0.25) is 4.79 Å². The Balaban J connectivity index is 1.65. The van der Waals surface area contributed by atoms with E-state index in [0.717, 1.165) is 22.6 Å². The highest BCUT2D eigenvalue weighted by atomic mass is 16.7. The topological polar surface area (TPSA) is 56.8 Å². The summed E-state index contributed by atoms with van der Waals surface area (Å²) in [7, 11) is 0. The standard InChI is InChI=1S/C19H19NO4/c1-2-22-12-15-5-3-4-6-16(15)20-19(21)10-8-14-7-9-17-18(11-14)24-13-23-17/h3-11H,2,12-13H2,1H3,(H,20,21)/b10-8+. The average molecular weight is 325 g/mol. The highest BCUT2D eigenvalue weighted by Crippen LogP contribution is 2.32. The first kappa shape index (κ1) is 16.1. The van der Waals surface area contributed by atoms with Gasteiger partial charge in [-0.15, -0.1) is 0 Å². The summed E-state index contributed by atoms with van der Waals surface area (Å²) in [5, 5.41) is 2.88. The van der Waals surface area contributed by atoms with Crippen LogP contribution >= 0.6 is 0 Å². The summed E-state index contributed by atoms with van der Waals surface area (Å²) >= 11 is 0. The van der Waals surface area contributed by atoms with Crippen LogP contribution in [0.15, 0.2) is 48.5 Å².